The number of hydrogen-bond acceptors (Lipinski definition) is 1. The van der Waals surface area contributed by atoms with Gasteiger partial charge in [0.1, 0.15) is 0 Å². The van der Waals surface area contributed by atoms with Crippen LogP contribution in [0.3, 0.4) is 0 Å². The van der Waals surface area contributed by atoms with Crippen molar-refractivity contribution in [3.8, 4) is 11.1 Å². The Kier molecular flexibility index (Phi) is 2.30. The molecular formula is C14H11IO. The fraction of sp³-hybridized carbons (Fsp3) is 0.143. The summed E-state index contributed by atoms with van der Waals surface area (Å²) in [6.07, 6.45) is 0. The monoisotopic (exact) mass is 322 g/mol. The Labute approximate surface area is 109 Å². The molecule has 0 aromatic heterocycles. The van der Waals surface area contributed by atoms with E-state index in [1.54, 1.807) is 7.11 Å². The molecule has 2 heteroatoms. The van der Waals surface area contributed by atoms with Gasteiger partial charge in [-0.2, -0.15) is 0 Å². The fourth-order valence-corrected chi connectivity index (χ4v) is 3.30. The molecule has 0 atom stereocenters. The molecule has 3 rings (SSSR count). The first-order valence-electron chi connectivity index (χ1n) is 5.21. The largest absolute Gasteiger partial charge is 0.359 e. The Morgan fingerprint density at radius 2 is 1.31 bits per heavy atom. The van der Waals surface area contributed by atoms with Gasteiger partial charge >= 0.3 is 0 Å². The molecule has 0 spiro atoms. The minimum absolute atomic E-state index is 0.328. The standard InChI is InChI=1S/C14H11IO/c1-16-14(15)12-8-4-2-6-10(12)11-7-3-5-9-13(11)14/h2-9H,1H3. The molecule has 16 heavy (non-hydrogen) atoms. The highest BCUT2D eigenvalue weighted by atomic mass is 127. The Morgan fingerprint density at radius 1 is 0.875 bits per heavy atom. The summed E-state index contributed by atoms with van der Waals surface area (Å²) in [6, 6.07) is 16.9. The lowest BCUT2D eigenvalue weighted by Gasteiger charge is -2.23. The summed E-state index contributed by atoms with van der Waals surface area (Å²) >= 11 is 2.39. The highest BCUT2D eigenvalue weighted by Gasteiger charge is 2.40. The van der Waals surface area contributed by atoms with Gasteiger partial charge in [-0.25, -0.2) is 0 Å². The molecule has 80 valence electrons. The molecule has 0 aliphatic heterocycles. The van der Waals surface area contributed by atoms with Gasteiger partial charge in [-0.1, -0.05) is 48.5 Å². The Balaban J connectivity index is 2.39. The summed E-state index contributed by atoms with van der Waals surface area (Å²) in [4.78, 5) is 0. The van der Waals surface area contributed by atoms with E-state index in [-0.39, 0.29) is 3.61 Å². The van der Waals surface area contributed by atoms with E-state index in [9.17, 15) is 0 Å². The van der Waals surface area contributed by atoms with Gasteiger partial charge in [0.05, 0.1) is 0 Å². The Hall–Kier alpha value is -0.870. The number of rotatable bonds is 1. The predicted octanol–water partition coefficient (Wildman–Crippen LogP) is 3.95. The fourth-order valence-electron chi connectivity index (χ4n) is 2.36. The van der Waals surface area contributed by atoms with E-state index < -0.39 is 0 Å². The van der Waals surface area contributed by atoms with Gasteiger partial charge in [-0.3, -0.25) is 0 Å². The van der Waals surface area contributed by atoms with Gasteiger partial charge in [0, 0.05) is 18.2 Å². The van der Waals surface area contributed by atoms with Crippen molar-refractivity contribution in [2.24, 2.45) is 0 Å². The van der Waals surface area contributed by atoms with E-state index >= 15 is 0 Å². The van der Waals surface area contributed by atoms with Crippen molar-refractivity contribution in [3.63, 3.8) is 0 Å². The Morgan fingerprint density at radius 3 is 1.75 bits per heavy atom. The predicted molar refractivity (Wildman–Crippen MR) is 73.7 cm³/mol. The number of halogens is 1. The van der Waals surface area contributed by atoms with Crippen molar-refractivity contribution in [3.05, 3.63) is 59.7 Å². The SMILES string of the molecule is COC1(I)c2ccccc2-c2ccccc21. The molecule has 0 saturated carbocycles. The highest BCUT2D eigenvalue weighted by molar-refractivity contribution is 14.1. The van der Waals surface area contributed by atoms with E-state index in [0.29, 0.717) is 0 Å². The number of methoxy groups -OCH3 is 1. The van der Waals surface area contributed by atoms with Crippen LogP contribution in [-0.2, 0) is 8.34 Å². The minimum atomic E-state index is -0.328. The van der Waals surface area contributed by atoms with E-state index in [1.807, 2.05) is 0 Å². The normalized spacial score (nSPS) is 15.6. The van der Waals surface area contributed by atoms with E-state index in [1.165, 1.54) is 22.3 Å². The van der Waals surface area contributed by atoms with E-state index in [4.69, 9.17) is 4.74 Å². The van der Waals surface area contributed by atoms with E-state index in [2.05, 4.69) is 71.1 Å². The molecular weight excluding hydrogens is 311 g/mol. The second-order valence-electron chi connectivity index (χ2n) is 3.89. The van der Waals surface area contributed by atoms with Crippen LogP contribution in [0.25, 0.3) is 11.1 Å². The third-order valence-corrected chi connectivity index (χ3v) is 4.72. The average Bonchev–Trinajstić information content (AvgIpc) is 2.62. The summed E-state index contributed by atoms with van der Waals surface area (Å²) in [5, 5.41) is 0. The van der Waals surface area contributed by atoms with Crippen LogP contribution >= 0.6 is 22.6 Å². The van der Waals surface area contributed by atoms with Gasteiger partial charge < -0.3 is 4.74 Å². The van der Waals surface area contributed by atoms with Crippen LogP contribution in [-0.4, -0.2) is 7.11 Å². The van der Waals surface area contributed by atoms with Crippen LogP contribution < -0.4 is 0 Å². The van der Waals surface area contributed by atoms with Crippen molar-refractivity contribution < 1.29 is 4.74 Å². The van der Waals surface area contributed by atoms with Crippen LogP contribution in [0.2, 0.25) is 0 Å². The highest BCUT2D eigenvalue weighted by Crippen LogP contribution is 2.52. The van der Waals surface area contributed by atoms with Crippen LogP contribution in [0.5, 0.6) is 0 Å². The van der Waals surface area contributed by atoms with Gasteiger partial charge in [0.25, 0.3) is 0 Å². The lowest BCUT2D eigenvalue weighted by atomic mass is 10.1. The quantitative estimate of drug-likeness (QED) is 0.571. The first kappa shape index (κ1) is 10.3. The maximum atomic E-state index is 5.74. The van der Waals surface area contributed by atoms with Crippen LogP contribution in [0.15, 0.2) is 48.5 Å². The average molecular weight is 322 g/mol. The molecule has 1 aliphatic carbocycles. The summed E-state index contributed by atoms with van der Waals surface area (Å²) in [6.45, 7) is 0. The van der Waals surface area contributed by atoms with Crippen LogP contribution in [0.1, 0.15) is 11.1 Å². The summed E-state index contributed by atoms with van der Waals surface area (Å²) in [5.41, 5.74) is 5.07. The summed E-state index contributed by atoms with van der Waals surface area (Å²) in [7, 11) is 1.77. The van der Waals surface area contributed by atoms with Gasteiger partial charge in [-0.15, -0.1) is 0 Å². The van der Waals surface area contributed by atoms with Crippen molar-refractivity contribution in [2.75, 3.05) is 7.11 Å². The topological polar surface area (TPSA) is 9.23 Å². The van der Waals surface area contributed by atoms with Crippen LogP contribution in [0.4, 0.5) is 0 Å². The molecule has 0 bridgehead atoms. The minimum Gasteiger partial charge on any atom is -0.359 e. The number of benzene rings is 2. The third kappa shape index (κ3) is 1.20. The Bertz CT molecular complexity index is 502. The number of fused-ring (bicyclic) bond motifs is 3. The second-order valence-corrected chi connectivity index (χ2v) is 5.41. The summed E-state index contributed by atoms with van der Waals surface area (Å²) < 4.78 is 5.41. The molecule has 0 heterocycles. The zero-order valence-electron chi connectivity index (χ0n) is 8.91. The molecule has 0 radical (unpaired) electrons. The second kappa shape index (κ2) is 3.57. The van der Waals surface area contributed by atoms with Crippen molar-refractivity contribution >= 4 is 22.6 Å². The zero-order valence-corrected chi connectivity index (χ0v) is 11.1. The number of ether oxygens (including phenoxy) is 1. The molecule has 1 aliphatic rings. The molecule has 0 N–H and O–H groups in total. The molecule has 0 fully saturated rings. The number of hydrogen-bond donors (Lipinski definition) is 0. The molecule has 0 amide bonds. The maximum Gasteiger partial charge on any atom is 0.170 e. The van der Waals surface area contributed by atoms with Gasteiger partial charge in [-0.05, 0) is 33.7 Å². The third-order valence-electron chi connectivity index (χ3n) is 3.12. The number of alkyl halides is 1. The molecule has 0 unspecified atom stereocenters. The van der Waals surface area contributed by atoms with Gasteiger partial charge in [0.2, 0.25) is 0 Å². The first-order chi connectivity index (χ1) is 7.77. The maximum absolute atomic E-state index is 5.74. The van der Waals surface area contributed by atoms with Crippen molar-refractivity contribution in [1.82, 2.24) is 0 Å². The van der Waals surface area contributed by atoms with E-state index in [0.717, 1.165) is 0 Å². The van der Waals surface area contributed by atoms with Crippen molar-refractivity contribution in [2.45, 2.75) is 3.61 Å². The lowest BCUT2D eigenvalue weighted by molar-refractivity contribution is 0.123. The first-order valence-corrected chi connectivity index (χ1v) is 6.28. The van der Waals surface area contributed by atoms with Crippen LogP contribution in [0, 0.1) is 0 Å². The molecule has 2 aromatic rings. The van der Waals surface area contributed by atoms with Crippen molar-refractivity contribution in [1.29, 1.82) is 0 Å². The molecule has 0 saturated heterocycles. The summed E-state index contributed by atoms with van der Waals surface area (Å²) in [5.74, 6) is 0. The van der Waals surface area contributed by atoms with Gasteiger partial charge in [0.15, 0.2) is 3.61 Å². The molecule has 1 nitrogen and oxygen atoms in total. The smallest absolute Gasteiger partial charge is 0.170 e. The lowest BCUT2D eigenvalue weighted by Crippen LogP contribution is -2.18. The molecule has 2 aromatic carbocycles. The zero-order chi connectivity index (χ0) is 11.2.